The van der Waals surface area contributed by atoms with Crippen molar-refractivity contribution >= 4 is 0 Å². The number of nitrogens with zero attached hydrogens (tertiary/aromatic N) is 3. The molecule has 0 radical (unpaired) electrons. The van der Waals surface area contributed by atoms with Gasteiger partial charge in [0.25, 0.3) is 0 Å². The zero-order valence-corrected chi connectivity index (χ0v) is 13.5. The van der Waals surface area contributed by atoms with Crippen molar-refractivity contribution in [3.63, 3.8) is 0 Å². The summed E-state index contributed by atoms with van der Waals surface area (Å²) in [6.07, 6.45) is 7.96. The van der Waals surface area contributed by atoms with Gasteiger partial charge in [-0.15, -0.1) is 0 Å². The van der Waals surface area contributed by atoms with Gasteiger partial charge < -0.3 is 0 Å². The maximum Gasteiger partial charge on any atom is 0.129 e. The molecule has 1 saturated heterocycles. The molecule has 5 heteroatoms. The summed E-state index contributed by atoms with van der Waals surface area (Å²) in [5.74, 6) is -0.357. The van der Waals surface area contributed by atoms with Crippen molar-refractivity contribution in [2.24, 2.45) is 13.0 Å². The molecule has 124 valence electrons. The molecule has 0 aliphatic carbocycles. The number of hydrogen-bond acceptors (Lipinski definition) is 2. The highest BCUT2D eigenvalue weighted by Gasteiger charge is 2.20. The Morgan fingerprint density at radius 2 is 2.17 bits per heavy atom. The summed E-state index contributed by atoms with van der Waals surface area (Å²) in [5, 5.41) is 4.21. The minimum absolute atomic E-state index is 0.423. The molecular formula is C18H23F2N3. The first-order valence-corrected chi connectivity index (χ1v) is 8.24. The Bertz CT molecular complexity index is 653. The van der Waals surface area contributed by atoms with Crippen LogP contribution in [0, 0.1) is 17.6 Å². The molecule has 1 aliphatic heterocycles. The van der Waals surface area contributed by atoms with Crippen LogP contribution in [0.4, 0.5) is 8.78 Å². The molecule has 3 rings (SSSR count). The summed E-state index contributed by atoms with van der Waals surface area (Å²) in [6, 6.07) is 3.89. The van der Waals surface area contributed by atoms with E-state index in [4.69, 9.17) is 0 Å². The molecule has 1 fully saturated rings. The lowest BCUT2D eigenvalue weighted by atomic mass is 9.91. The van der Waals surface area contributed by atoms with Crippen LogP contribution in [0.2, 0.25) is 0 Å². The van der Waals surface area contributed by atoms with E-state index < -0.39 is 11.6 Å². The molecule has 0 N–H and O–H groups in total. The molecule has 0 spiro atoms. The number of aromatic nitrogens is 2. The van der Waals surface area contributed by atoms with Crippen LogP contribution in [0.1, 0.15) is 30.4 Å². The lowest BCUT2D eigenvalue weighted by Crippen LogP contribution is -2.35. The van der Waals surface area contributed by atoms with E-state index in [1.165, 1.54) is 24.5 Å². The normalized spacial score (nSPS) is 19.2. The summed E-state index contributed by atoms with van der Waals surface area (Å²) in [5.41, 5.74) is 1.86. The topological polar surface area (TPSA) is 21.1 Å². The number of likely N-dealkylation sites (tertiary alicyclic amines) is 1. The number of piperidine rings is 1. The first-order valence-electron chi connectivity index (χ1n) is 8.24. The van der Waals surface area contributed by atoms with Crippen molar-refractivity contribution in [2.75, 3.05) is 13.1 Å². The number of benzene rings is 1. The molecule has 2 heterocycles. The van der Waals surface area contributed by atoms with Gasteiger partial charge in [-0.1, -0.05) is 6.07 Å². The minimum Gasteiger partial charge on any atom is -0.299 e. The Morgan fingerprint density at radius 3 is 2.91 bits per heavy atom. The lowest BCUT2D eigenvalue weighted by Gasteiger charge is -2.32. The van der Waals surface area contributed by atoms with Crippen molar-refractivity contribution in [3.8, 4) is 0 Å². The van der Waals surface area contributed by atoms with Gasteiger partial charge in [-0.05, 0) is 49.8 Å². The van der Waals surface area contributed by atoms with Gasteiger partial charge in [0.15, 0.2) is 0 Å². The number of rotatable bonds is 5. The van der Waals surface area contributed by atoms with Crippen LogP contribution in [-0.4, -0.2) is 27.8 Å². The van der Waals surface area contributed by atoms with Gasteiger partial charge in [-0.3, -0.25) is 9.58 Å². The minimum atomic E-state index is -0.508. The first-order chi connectivity index (χ1) is 11.1. The van der Waals surface area contributed by atoms with Gasteiger partial charge in [-0.2, -0.15) is 5.10 Å². The predicted octanol–water partition coefficient (Wildman–Crippen LogP) is 3.54. The second-order valence-corrected chi connectivity index (χ2v) is 6.54. The van der Waals surface area contributed by atoms with Gasteiger partial charge in [-0.25, -0.2) is 8.78 Å². The van der Waals surface area contributed by atoms with E-state index in [1.807, 2.05) is 17.9 Å². The van der Waals surface area contributed by atoms with Crippen LogP contribution in [0.25, 0.3) is 0 Å². The Balaban J connectivity index is 1.52. The standard InChI is InChI=1S/C18H23F2N3/c1-22-11-15(10-21-22)13-23-8-2-3-14(12-23)4-5-16-6-7-17(19)9-18(16)20/h6-7,9-11,14H,2-5,8,12-13H2,1H3. The Hall–Kier alpha value is -1.75. The Morgan fingerprint density at radius 1 is 1.30 bits per heavy atom. The monoisotopic (exact) mass is 319 g/mol. The van der Waals surface area contributed by atoms with Crippen molar-refractivity contribution in [2.45, 2.75) is 32.2 Å². The van der Waals surface area contributed by atoms with Crippen LogP contribution in [0.3, 0.4) is 0 Å². The molecule has 3 nitrogen and oxygen atoms in total. The molecular weight excluding hydrogens is 296 g/mol. The highest BCUT2D eigenvalue weighted by Crippen LogP contribution is 2.23. The average Bonchev–Trinajstić information content (AvgIpc) is 2.92. The van der Waals surface area contributed by atoms with E-state index in [9.17, 15) is 8.78 Å². The van der Waals surface area contributed by atoms with Gasteiger partial charge in [0, 0.05) is 38.0 Å². The zero-order valence-electron chi connectivity index (χ0n) is 13.5. The second-order valence-electron chi connectivity index (χ2n) is 6.54. The van der Waals surface area contributed by atoms with E-state index >= 15 is 0 Å². The third kappa shape index (κ3) is 4.38. The highest BCUT2D eigenvalue weighted by atomic mass is 19.1. The van der Waals surface area contributed by atoms with Crippen molar-refractivity contribution in [1.82, 2.24) is 14.7 Å². The number of hydrogen-bond donors (Lipinski definition) is 0. The number of halogens is 2. The van der Waals surface area contributed by atoms with Crippen molar-refractivity contribution < 1.29 is 8.78 Å². The Kier molecular flexibility index (Phi) is 5.06. The summed E-state index contributed by atoms with van der Waals surface area (Å²) < 4.78 is 28.5. The van der Waals surface area contributed by atoms with E-state index in [0.29, 0.717) is 17.9 Å². The van der Waals surface area contributed by atoms with Gasteiger partial charge in [0.1, 0.15) is 11.6 Å². The van der Waals surface area contributed by atoms with E-state index in [-0.39, 0.29) is 0 Å². The molecule has 0 saturated carbocycles. The highest BCUT2D eigenvalue weighted by molar-refractivity contribution is 5.18. The van der Waals surface area contributed by atoms with E-state index in [1.54, 1.807) is 6.07 Å². The third-order valence-corrected chi connectivity index (χ3v) is 4.60. The van der Waals surface area contributed by atoms with Crippen LogP contribution < -0.4 is 0 Å². The molecule has 2 aromatic rings. The van der Waals surface area contributed by atoms with Crippen LogP contribution in [0.5, 0.6) is 0 Å². The quantitative estimate of drug-likeness (QED) is 0.840. The molecule has 1 aromatic carbocycles. The number of aryl methyl sites for hydroxylation is 2. The smallest absolute Gasteiger partial charge is 0.129 e. The average molecular weight is 319 g/mol. The van der Waals surface area contributed by atoms with Crippen molar-refractivity contribution in [1.29, 1.82) is 0 Å². The maximum absolute atomic E-state index is 13.7. The van der Waals surface area contributed by atoms with Gasteiger partial charge in [0.2, 0.25) is 0 Å². The largest absolute Gasteiger partial charge is 0.299 e. The van der Waals surface area contributed by atoms with E-state index in [0.717, 1.165) is 32.1 Å². The maximum atomic E-state index is 13.7. The predicted molar refractivity (Wildman–Crippen MR) is 85.9 cm³/mol. The fourth-order valence-electron chi connectivity index (χ4n) is 3.43. The fraction of sp³-hybridized carbons (Fsp3) is 0.500. The SMILES string of the molecule is Cn1cc(CN2CCCC(CCc3ccc(F)cc3F)C2)cn1. The zero-order chi connectivity index (χ0) is 16.2. The summed E-state index contributed by atoms with van der Waals surface area (Å²) in [6.45, 7) is 3.07. The summed E-state index contributed by atoms with van der Waals surface area (Å²) in [7, 11) is 1.93. The van der Waals surface area contributed by atoms with Crippen LogP contribution in [0.15, 0.2) is 30.6 Å². The van der Waals surface area contributed by atoms with Crippen molar-refractivity contribution in [3.05, 3.63) is 53.4 Å². The van der Waals surface area contributed by atoms with Gasteiger partial charge in [0.05, 0.1) is 6.20 Å². The second kappa shape index (κ2) is 7.21. The lowest BCUT2D eigenvalue weighted by molar-refractivity contribution is 0.161. The molecule has 0 bridgehead atoms. The van der Waals surface area contributed by atoms with Gasteiger partial charge >= 0.3 is 0 Å². The molecule has 0 amide bonds. The van der Waals surface area contributed by atoms with E-state index in [2.05, 4.69) is 16.2 Å². The van der Waals surface area contributed by atoms with Crippen LogP contribution in [-0.2, 0) is 20.0 Å². The fourth-order valence-corrected chi connectivity index (χ4v) is 3.43. The Labute approximate surface area is 135 Å². The van der Waals surface area contributed by atoms with Crippen LogP contribution >= 0.6 is 0 Å². The summed E-state index contributed by atoms with van der Waals surface area (Å²) in [4.78, 5) is 2.45. The molecule has 1 aliphatic rings. The first kappa shape index (κ1) is 16.1. The summed E-state index contributed by atoms with van der Waals surface area (Å²) >= 11 is 0. The third-order valence-electron chi connectivity index (χ3n) is 4.60. The molecule has 1 unspecified atom stereocenters. The molecule has 1 aromatic heterocycles. The molecule has 23 heavy (non-hydrogen) atoms. The molecule has 1 atom stereocenters.